The summed E-state index contributed by atoms with van der Waals surface area (Å²) in [6.45, 7) is 17.0. The molecule has 0 aromatic carbocycles. The Labute approximate surface area is 103 Å². The van der Waals surface area contributed by atoms with E-state index in [4.69, 9.17) is 0 Å². The van der Waals surface area contributed by atoms with E-state index in [1.807, 2.05) is 0 Å². The van der Waals surface area contributed by atoms with Crippen LogP contribution in [-0.4, -0.2) is 0 Å². The first-order valence-electron chi connectivity index (χ1n) is 7.45. The minimum atomic E-state index is 0.883. The van der Waals surface area contributed by atoms with Gasteiger partial charge in [0, 0.05) is 0 Å². The van der Waals surface area contributed by atoms with Crippen molar-refractivity contribution in [1.82, 2.24) is 0 Å². The minimum Gasteiger partial charge on any atom is -0.0651 e. The van der Waals surface area contributed by atoms with Crippen LogP contribution in [0.3, 0.4) is 0 Å². The molecule has 6 atom stereocenters. The van der Waals surface area contributed by atoms with Crippen LogP contribution < -0.4 is 0 Å². The summed E-state index contributed by atoms with van der Waals surface area (Å²) in [5.74, 6) is 6.62. The summed E-state index contributed by atoms with van der Waals surface area (Å²) in [4.78, 5) is 0. The standard InChI is InChI=1S/C16H32/c1-8-10(3)11(4)12(5)15(9-2)16-13(6)14(16)7/h10-16H,8-9H2,1-7H3. The monoisotopic (exact) mass is 224 g/mol. The van der Waals surface area contributed by atoms with Crippen LogP contribution in [0.4, 0.5) is 0 Å². The molecule has 0 amide bonds. The highest BCUT2D eigenvalue weighted by molar-refractivity contribution is 4.97. The van der Waals surface area contributed by atoms with Crippen molar-refractivity contribution < 1.29 is 0 Å². The van der Waals surface area contributed by atoms with Crippen LogP contribution in [0.1, 0.15) is 61.3 Å². The average Bonchev–Trinajstić information content (AvgIpc) is 2.86. The molecule has 96 valence electrons. The molecule has 0 spiro atoms. The third-order valence-electron chi connectivity index (χ3n) is 5.91. The van der Waals surface area contributed by atoms with Gasteiger partial charge in [0.1, 0.15) is 0 Å². The summed E-state index contributed by atoms with van der Waals surface area (Å²) in [7, 11) is 0. The van der Waals surface area contributed by atoms with Crippen LogP contribution in [0.15, 0.2) is 0 Å². The summed E-state index contributed by atoms with van der Waals surface area (Å²) < 4.78 is 0. The molecule has 0 heterocycles. The fraction of sp³-hybridized carbons (Fsp3) is 1.00. The Hall–Kier alpha value is 0. The Kier molecular flexibility index (Phi) is 4.88. The lowest BCUT2D eigenvalue weighted by Crippen LogP contribution is -2.25. The zero-order valence-corrected chi connectivity index (χ0v) is 12.5. The van der Waals surface area contributed by atoms with Gasteiger partial charge in [0.15, 0.2) is 0 Å². The quantitative estimate of drug-likeness (QED) is 0.579. The predicted octanol–water partition coefficient (Wildman–Crippen LogP) is 5.23. The molecule has 1 aliphatic carbocycles. The Balaban J connectivity index is 2.59. The van der Waals surface area contributed by atoms with Crippen LogP contribution >= 0.6 is 0 Å². The van der Waals surface area contributed by atoms with Gasteiger partial charge in [0.25, 0.3) is 0 Å². The smallest absolute Gasteiger partial charge is 0.0326 e. The molecule has 0 bridgehead atoms. The van der Waals surface area contributed by atoms with E-state index in [1.54, 1.807) is 0 Å². The molecule has 0 aromatic rings. The SMILES string of the molecule is CCC(C)C(C)C(C)C(CC)C1C(C)C1C. The maximum absolute atomic E-state index is 2.50. The third-order valence-corrected chi connectivity index (χ3v) is 5.91. The van der Waals surface area contributed by atoms with Gasteiger partial charge in [-0.1, -0.05) is 61.3 Å². The summed E-state index contributed by atoms with van der Waals surface area (Å²) in [6, 6.07) is 0. The summed E-state index contributed by atoms with van der Waals surface area (Å²) in [6.07, 6.45) is 2.71. The van der Waals surface area contributed by atoms with Gasteiger partial charge >= 0.3 is 0 Å². The second-order valence-electron chi connectivity index (χ2n) is 6.47. The lowest BCUT2D eigenvalue weighted by atomic mass is 9.73. The molecular formula is C16H32. The Bertz CT molecular complexity index is 200. The van der Waals surface area contributed by atoms with E-state index in [-0.39, 0.29) is 0 Å². The number of hydrogen-bond acceptors (Lipinski definition) is 0. The minimum absolute atomic E-state index is 0.883. The molecule has 0 saturated heterocycles. The molecule has 0 N–H and O–H groups in total. The molecule has 0 radical (unpaired) electrons. The van der Waals surface area contributed by atoms with E-state index >= 15 is 0 Å². The number of hydrogen-bond donors (Lipinski definition) is 0. The van der Waals surface area contributed by atoms with Gasteiger partial charge < -0.3 is 0 Å². The molecule has 0 aliphatic heterocycles. The zero-order valence-electron chi connectivity index (χ0n) is 12.5. The van der Waals surface area contributed by atoms with Gasteiger partial charge in [0.05, 0.1) is 0 Å². The van der Waals surface area contributed by atoms with Crippen molar-refractivity contribution in [3.05, 3.63) is 0 Å². The van der Waals surface area contributed by atoms with Gasteiger partial charge in [0.2, 0.25) is 0 Å². The molecule has 6 unspecified atom stereocenters. The van der Waals surface area contributed by atoms with Crippen molar-refractivity contribution >= 4 is 0 Å². The molecule has 1 aliphatic rings. The highest BCUT2D eigenvalue weighted by Crippen LogP contribution is 2.54. The third kappa shape index (κ3) is 2.63. The first-order valence-corrected chi connectivity index (χ1v) is 7.45. The van der Waals surface area contributed by atoms with E-state index in [9.17, 15) is 0 Å². The van der Waals surface area contributed by atoms with Gasteiger partial charge in [-0.3, -0.25) is 0 Å². The van der Waals surface area contributed by atoms with Gasteiger partial charge in [-0.05, 0) is 41.4 Å². The molecule has 1 fully saturated rings. The lowest BCUT2D eigenvalue weighted by molar-refractivity contribution is 0.169. The van der Waals surface area contributed by atoms with Crippen LogP contribution in [0, 0.1) is 41.4 Å². The molecule has 1 saturated carbocycles. The molecular weight excluding hydrogens is 192 g/mol. The second-order valence-corrected chi connectivity index (χ2v) is 6.47. The molecule has 0 nitrogen and oxygen atoms in total. The molecule has 16 heavy (non-hydrogen) atoms. The Morgan fingerprint density at radius 1 is 0.812 bits per heavy atom. The highest BCUT2D eigenvalue weighted by atomic mass is 14.5. The van der Waals surface area contributed by atoms with Crippen molar-refractivity contribution in [3.63, 3.8) is 0 Å². The maximum Gasteiger partial charge on any atom is -0.0326 e. The van der Waals surface area contributed by atoms with E-state index in [2.05, 4.69) is 48.5 Å². The molecule has 1 rings (SSSR count). The van der Waals surface area contributed by atoms with Crippen molar-refractivity contribution in [2.75, 3.05) is 0 Å². The highest BCUT2D eigenvalue weighted by Gasteiger charge is 2.49. The summed E-state index contributed by atoms with van der Waals surface area (Å²) in [5.41, 5.74) is 0. The zero-order chi connectivity index (χ0) is 12.5. The van der Waals surface area contributed by atoms with Crippen molar-refractivity contribution in [2.24, 2.45) is 41.4 Å². The van der Waals surface area contributed by atoms with Crippen molar-refractivity contribution in [3.8, 4) is 0 Å². The first kappa shape index (κ1) is 14.1. The predicted molar refractivity (Wildman–Crippen MR) is 73.4 cm³/mol. The van der Waals surface area contributed by atoms with Crippen LogP contribution in [0.25, 0.3) is 0 Å². The van der Waals surface area contributed by atoms with Crippen LogP contribution in [-0.2, 0) is 0 Å². The van der Waals surface area contributed by atoms with E-state index < -0.39 is 0 Å². The lowest BCUT2D eigenvalue weighted by Gasteiger charge is -2.32. The van der Waals surface area contributed by atoms with E-state index in [1.165, 1.54) is 12.8 Å². The molecule has 0 heteroatoms. The fourth-order valence-corrected chi connectivity index (χ4v) is 3.76. The van der Waals surface area contributed by atoms with Crippen molar-refractivity contribution in [2.45, 2.75) is 61.3 Å². The Morgan fingerprint density at radius 2 is 1.31 bits per heavy atom. The Morgan fingerprint density at radius 3 is 1.62 bits per heavy atom. The summed E-state index contributed by atoms with van der Waals surface area (Å²) in [5, 5.41) is 0. The topological polar surface area (TPSA) is 0 Å². The van der Waals surface area contributed by atoms with Crippen LogP contribution in [0.5, 0.6) is 0 Å². The van der Waals surface area contributed by atoms with Gasteiger partial charge in [-0.2, -0.15) is 0 Å². The van der Waals surface area contributed by atoms with Gasteiger partial charge in [-0.15, -0.1) is 0 Å². The van der Waals surface area contributed by atoms with E-state index in [0.29, 0.717) is 0 Å². The van der Waals surface area contributed by atoms with Gasteiger partial charge in [-0.25, -0.2) is 0 Å². The average molecular weight is 224 g/mol. The fourth-order valence-electron chi connectivity index (χ4n) is 3.76. The summed E-state index contributed by atoms with van der Waals surface area (Å²) >= 11 is 0. The second kappa shape index (κ2) is 5.56. The van der Waals surface area contributed by atoms with Crippen molar-refractivity contribution in [1.29, 1.82) is 0 Å². The largest absolute Gasteiger partial charge is 0.0651 e. The first-order chi connectivity index (χ1) is 7.45. The maximum atomic E-state index is 2.50. The number of rotatable bonds is 6. The molecule has 0 aromatic heterocycles. The van der Waals surface area contributed by atoms with E-state index in [0.717, 1.165) is 41.4 Å². The normalized spacial score (nSPS) is 36.6. The van der Waals surface area contributed by atoms with Crippen LogP contribution in [0.2, 0.25) is 0 Å².